The van der Waals surface area contributed by atoms with Gasteiger partial charge in [0.25, 0.3) is 0 Å². The van der Waals surface area contributed by atoms with Crippen molar-refractivity contribution >= 4 is 34.1 Å². The number of aldehydes is 2. The fourth-order valence-electron chi connectivity index (χ4n) is 6.14. The molecule has 0 aliphatic carbocycles. The average Bonchev–Trinajstić information content (AvgIpc) is 3.05. The van der Waals surface area contributed by atoms with Crippen LogP contribution in [0.25, 0.3) is 32.7 Å². The second-order valence-electron chi connectivity index (χ2n) is 14.1. The first-order valence-corrected chi connectivity index (χ1v) is 15.8. The molecule has 48 heavy (non-hydrogen) atoms. The van der Waals surface area contributed by atoms with Gasteiger partial charge in [0.05, 0.1) is 11.1 Å². The SMILES string of the molecule is CC(C)(C)c1cc(Oc2ccc3ccccc3c2-c2c(Oc3cc(C=O)c(O)c(C(C)(C)C)c3)ccc3ccccc23)cc(C=O)c1O. The molecule has 6 aromatic carbocycles. The van der Waals surface area contributed by atoms with Gasteiger partial charge in [-0.1, -0.05) is 102 Å². The molecule has 0 bridgehead atoms. The van der Waals surface area contributed by atoms with Crippen LogP contribution in [-0.4, -0.2) is 22.8 Å². The van der Waals surface area contributed by atoms with Gasteiger partial charge in [-0.05, 0) is 68.8 Å². The molecule has 0 fully saturated rings. The second-order valence-corrected chi connectivity index (χ2v) is 14.1. The van der Waals surface area contributed by atoms with E-state index in [4.69, 9.17) is 9.47 Å². The third kappa shape index (κ3) is 5.97. The topological polar surface area (TPSA) is 93.1 Å². The zero-order chi connectivity index (χ0) is 34.4. The van der Waals surface area contributed by atoms with Gasteiger partial charge in [-0.2, -0.15) is 0 Å². The summed E-state index contributed by atoms with van der Waals surface area (Å²) in [5.41, 5.74) is 2.08. The number of fused-ring (bicyclic) bond motifs is 2. The molecule has 0 radical (unpaired) electrons. The van der Waals surface area contributed by atoms with E-state index in [0.29, 0.717) is 46.7 Å². The summed E-state index contributed by atoms with van der Waals surface area (Å²) in [6.07, 6.45) is 1.26. The molecule has 0 saturated heterocycles. The number of hydrogen-bond acceptors (Lipinski definition) is 6. The van der Waals surface area contributed by atoms with Crippen molar-refractivity contribution in [2.75, 3.05) is 0 Å². The number of ether oxygens (including phenoxy) is 2. The lowest BCUT2D eigenvalue weighted by Gasteiger charge is -2.24. The van der Waals surface area contributed by atoms with Crippen LogP contribution >= 0.6 is 0 Å². The van der Waals surface area contributed by atoms with E-state index in [-0.39, 0.29) is 22.6 Å². The van der Waals surface area contributed by atoms with Gasteiger partial charge < -0.3 is 19.7 Å². The smallest absolute Gasteiger partial charge is 0.153 e. The zero-order valence-corrected chi connectivity index (χ0v) is 27.9. The van der Waals surface area contributed by atoms with Gasteiger partial charge in [-0.25, -0.2) is 0 Å². The molecule has 0 unspecified atom stereocenters. The lowest BCUT2D eigenvalue weighted by molar-refractivity contribution is 0.111. The van der Waals surface area contributed by atoms with Crippen LogP contribution in [0, 0.1) is 0 Å². The Balaban J connectivity index is 1.63. The molecule has 0 saturated carbocycles. The van der Waals surface area contributed by atoms with E-state index in [1.807, 2.05) is 114 Å². The number of carbonyl (C=O) groups is 2. The van der Waals surface area contributed by atoms with Crippen LogP contribution in [-0.2, 0) is 10.8 Å². The Morgan fingerprint density at radius 2 is 0.896 bits per heavy atom. The standard InChI is InChI=1S/C42H38O6/c1-41(2,3)33-21-29(19-27(23-43)39(33)45)47-35-17-15-25-11-7-9-13-31(25)37(35)38-32-14-10-8-12-26(32)16-18-36(38)48-30-20-28(24-44)40(46)34(22-30)42(4,5)6/h7-24,45-46H,1-6H3. The number of aromatic hydroxyl groups is 2. The van der Waals surface area contributed by atoms with Crippen molar-refractivity contribution in [2.45, 2.75) is 52.4 Å². The van der Waals surface area contributed by atoms with E-state index < -0.39 is 10.8 Å². The first kappa shape index (κ1) is 32.3. The Morgan fingerprint density at radius 1 is 0.521 bits per heavy atom. The maximum absolute atomic E-state index is 12.0. The fourth-order valence-corrected chi connectivity index (χ4v) is 6.14. The average molecular weight is 639 g/mol. The van der Waals surface area contributed by atoms with Crippen LogP contribution in [0.4, 0.5) is 0 Å². The third-order valence-electron chi connectivity index (χ3n) is 8.58. The fraction of sp³-hybridized carbons (Fsp3) is 0.190. The molecule has 0 amide bonds. The van der Waals surface area contributed by atoms with Crippen molar-refractivity contribution in [2.24, 2.45) is 0 Å². The largest absolute Gasteiger partial charge is 0.507 e. The Hall–Kier alpha value is -5.62. The number of hydrogen-bond donors (Lipinski definition) is 2. The van der Waals surface area contributed by atoms with Crippen LogP contribution in [0.3, 0.4) is 0 Å². The monoisotopic (exact) mass is 638 g/mol. The highest BCUT2D eigenvalue weighted by atomic mass is 16.5. The van der Waals surface area contributed by atoms with E-state index in [1.54, 1.807) is 24.3 Å². The number of benzene rings is 6. The molecular weight excluding hydrogens is 600 g/mol. The van der Waals surface area contributed by atoms with Gasteiger partial charge in [0.1, 0.15) is 34.5 Å². The summed E-state index contributed by atoms with van der Waals surface area (Å²) in [7, 11) is 0. The Labute approximate surface area is 280 Å². The van der Waals surface area contributed by atoms with Gasteiger partial charge in [-0.3, -0.25) is 9.59 Å². The molecule has 242 valence electrons. The molecule has 0 heterocycles. The number of carbonyl (C=O) groups excluding carboxylic acids is 2. The molecular formula is C42H38O6. The molecule has 6 heteroatoms. The van der Waals surface area contributed by atoms with E-state index in [1.165, 1.54) is 0 Å². The van der Waals surface area contributed by atoms with Gasteiger partial charge in [-0.15, -0.1) is 0 Å². The highest BCUT2D eigenvalue weighted by Crippen LogP contribution is 2.49. The van der Waals surface area contributed by atoms with Crippen LogP contribution in [0.15, 0.2) is 97.1 Å². The first-order chi connectivity index (χ1) is 22.8. The normalized spacial score (nSPS) is 11.9. The second kappa shape index (κ2) is 12.2. The zero-order valence-electron chi connectivity index (χ0n) is 27.9. The van der Waals surface area contributed by atoms with E-state index in [9.17, 15) is 19.8 Å². The van der Waals surface area contributed by atoms with Crippen molar-refractivity contribution in [1.29, 1.82) is 0 Å². The molecule has 0 atom stereocenters. The van der Waals surface area contributed by atoms with Crippen LogP contribution in [0.2, 0.25) is 0 Å². The van der Waals surface area contributed by atoms with Crippen molar-refractivity contribution in [1.82, 2.24) is 0 Å². The van der Waals surface area contributed by atoms with E-state index in [2.05, 4.69) is 0 Å². The highest BCUT2D eigenvalue weighted by molar-refractivity contribution is 6.10. The summed E-state index contributed by atoms with van der Waals surface area (Å²) in [6, 6.07) is 30.4. The summed E-state index contributed by atoms with van der Waals surface area (Å²) in [5.74, 6) is 1.73. The molecule has 6 nitrogen and oxygen atoms in total. The first-order valence-electron chi connectivity index (χ1n) is 15.8. The molecule has 6 aromatic rings. The van der Waals surface area contributed by atoms with E-state index >= 15 is 0 Å². The minimum absolute atomic E-state index is 0.0634. The van der Waals surface area contributed by atoms with Crippen LogP contribution < -0.4 is 9.47 Å². The van der Waals surface area contributed by atoms with Gasteiger partial charge in [0, 0.05) is 22.3 Å². The van der Waals surface area contributed by atoms with Gasteiger partial charge >= 0.3 is 0 Å². The highest BCUT2D eigenvalue weighted by Gasteiger charge is 2.26. The quantitative estimate of drug-likeness (QED) is 0.169. The number of phenolic OH excluding ortho intramolecular Hbond substituents is 2. The molecule has 0 aliphatic rings. The lowest BCUT2D eigenvalue weighted by Crippen LogP contribution is -2.12. The Kier molecular flexibility index (Phi) is 8.21. The van der Waals surface area contributed by atoms with Crippen LogP contribution in [0.5, 0.6) is 34.5 Å². The Bertz CT molecular complexity index is 2060. The maximum Gasteiger partial charge on any atom is 0.153 e. The van der Waals surface area contributed by atoms with Gasteiger partial charge in [0.2, 0.25) is 0 Å². The summed E-state index contributed by atoms with van der Waals surface area (Å²) < 4.78 is 13.3. The van der Waals surface area contributed by atoms with E-state index in [0.717, 1.165) is 32.7 Å². The lowest BCUT2D eigenvalue weighted by atomic mass is 9.85. The molecule has 6 rings (SSSR count). The van der Waals surface area contributed by atoms with Crippen LogP contribution in [0.1, 0.15) is 73.4 Å². The van der Waals surface area contributed by atoms with Crippen molar-refractivity contribution in [3.8, 4) is 45.6 Å². The summed E-state index contributed by atoms with van der Waals surface area (Å²) in [4.78, 5) is 24.0. The van der Waals surface area contributed by atoms with Crippen molar-refractivity contribution < 1.29 is 29.3 Å². The van der Waals surface area contributed by atoms with Gasteiger partial charge in [0.15, 0.2) is 12.6 Å². The maximum atomic E-state index is 12.0. The summed E-state index contributed by atoms with van der Waals surface area (Å²) >= 11 is 0. The predicted molar refractivity (Wildman–Crippen MR) is 191 cm³/mol. The minimum Gasteiger partial charge on any atom is -0.507 e. The van der Waals surface area contributed by atoms with Crippen molar-refractivity contribution in [3.05, 3.63) is 119 Å². The Morgan fingerprint density at radius 3 is 1.25 bits per heavy atom. The molecule has 0 aliphatic heterocycles. The number of phenols is 2. The predicted octanol–water partition coefficient (Wildman–Crippen LogP) is 10.9. The third-order valence-corrected chi connectivity index (χ3v) is 8.58. The summed E-state index contributed by atoms with van der Waals surface area (Å²) in [6.45, 7) is 11.8. The number of rotatable bonds is 7. The molecule has 0 spiro atoms. The molecule has 2 N–H and O–H groups in total. The minimum atomic E-state index is -0.458. The molecule has 0 aromatic heterocycles. The summed E-state index contributed by atoms with van der Waals surface area (Å²) in [5, 5.41) is 25.5. The van der Waals surface area contributed by atoms with Crippen molar-refractivity contribution in [3.63, 3.8) is 0 Å².